The summed E-state index contributed by atoms with van der Waals surface area (Å²) in [6.07, 6.45) is 1.74. The van der Waals surface area contributed by atoms with Gasteiger partial charge in [0.2, 0.25) is 5.89 Å². The number of oxazole rings is 1. The molecular formula is C21H16N2O. The van der Waals surface area contributed by atoms with Gasteiger partial charge in [-0.05, 0) is 23.3 Å². The second-order valence-corrected chi connectivity index (χ2v) is 5.56. The SMILES string of the molecule is Nc1ccccc1-c1ncc(-c2ccc(-c3ccccc3)cc2)o1. The molecule has 4 rings (SSSR count). The number of benzene rings is 3. The lowest BCUT2D eigenvalue weighted by Crippen LogP contribution is -1.88. The minimum Gasteiger partial charge on any atom is -0.436 e. The Morgan fingerprint density at radius 1 is 0.667 bits per heavy atom. The zero-order valence-electron chi connectivity index (χ0n) is 13.0. The molecule has 0 aliphatic carbocycles. The predicted octanol–water partition coefficient (Wildman–Crippen LogP) is 5.26. The third kappa shape index (κ3) is 2.68. The van der Waals surface area contributed by atoms with Crippen LogP contribution in [0.1, 0.15) is 0 Å². The topological polar surface area (TPSA) is 52.0 Å². The summed E-state index contributed by atoms with van der Waals surface area (Å²) in [5.74, 6) is 1.27. The Bertz CT molecular complexity index is 957. The third-order valence-electron chi connectivity index (χ3n) is 3.97. The highest BCUT2D eigenvalue weighted by Crippen LogP contribution is 2.30. The van der Waals surface area contributed by atoms with Gasteiger partial charge in [0.25, 0.3) is 0 Å². The first-order valence-electron chi connectivity index (χ1n) is 7.78. The largest absolute Gasteiger partial charge is 0.436 e. The van der Waals surface area contributed by atoms with E-state index < -0.39 is 0 Å². The van der Waals surface area contributed by atoms with E-state index in [4.69, 9.17) is 10.2 Å². The molecule has 0 amide bonds. The summed E-state index contributed by atoms with van der Waals surface area (Å²) in [5, 5.41) is 0. The lowest BCUT2D eigenvalue weighted by atomic mass is 10.0. The average Bonchev–Trinajstić information content (AvgIpc) is 3.13. The van der Waals surface area contributed by atoms with Crippen LogP contribution in [0.3, 0.4) is 0 Å². The Kier molecular flexibility index (Phi) is 3.60. The van der Waals surface area contributed by atoms with Crippen molar-refractivity contribution in [2.75, 3.05) is 5.73 Å². The quantitative estimate of drug-likeness (QED) is 0.525. The number of aromatic nitrogens is 1. The van der Waals surface area contributed by atoms with Crippen LogP contribution < -0.4 is 5.73 Å². The normalized spacial score (nSPS) is 10.7. The minimum absolute atomic E-state index is 0.537. The van der Waals surface area contributed by atoms with E-state index in [1.165, 1.54) is 11.1 Å². The van der Waals surface area contributed by atoms with Crippen molar-refractivity contribution in [1.82, 2.24) is 4.98 Å². The molecule has 0 saturated heterocycles. The van der Waals surface area contributed by atoms with Gasteiger partial charge < -0.3 is 10.2 Å². The van der Waals surface area contributed by atoms with Crippen molar-refractivity contribution in [2.24, 2.45) is 0 Å². The first-order chi connectivity index (χ1) is 11.8. The number of nitrogens with zero attached hydrogens (tertiary/aromatic N) is 1. The Hall–Kier alpha value is -3.33. The van der Waals surface area contributed by atoms with Crippen LogP contribution in [-0.2, 0) is 0 Å². The van der Waals surface area contributed by atoms with E-state index in [1.807, 2.05) is 54.6 Å². The van der Waals surface area contributed by atoms with Crippen molar-refractivity contribution in [3.8, 4) is 33.9 Å². The Morgan fingerprint density at radius 2 is 1.29 bits per heavy atom. The molecule has 0 aliphatic rings. The standard InChI is InChI=1S/C21H16N2O/c22-19-9-5-4-8-18(19)21-23-14-20(24-21)17-12-10-16(11-13-17)15-6-2-1-3-7-15/h1-14H,22H2. The van der Waals surface area contributed by atoms with Crippen LogP contribution in [0, 0.1) is 0 Å². The van der Waals surface area contributed by atoms with Crippen LogP contribution in [0.5, 0.6) is 0 Å². The highest BCUT2D eigenvalue weighted by Gasteiger charge is 2.10. The summed E-state index contributed by atoms with van der Waals surface area (Å²) in [5.41, 5.74) is 10.8. The van der Waals surface area contributed by atoms with Crippen molar-refractivity contribution in [1.29, 1.82) is 0 Å². The minimum atomic E-state index is 0.537. The zero-order chi connectivity index (χ0) is 16.4. The van der Waals surface area contributed by atoms with Gasteiger partial charge in [-0.3, -0.25) is 0 Å². The lowest BCUT2D eigenvalue weighted by Gasteiger charge is -2.03. The number of nitrogens with two attached hydrogens (primary N) is 1. The molecule has 3 aromatic carbocycles. The van der Waals surface area contributed by atoms with Gasteiger partial charge in [-0.2, -0.15) is 0 Å². The van der Waals surface area contributed by atoms with Crippen LogP contribution in [0.2, 0.25) is 0 Å². The molecular weight excluding hydrogens is 296 g/mol. The van der Waals surface area contributed by atoms with E-state index in [-0.39, 0.29) is 0 Å². The molecule has 0 atom stereocenters. The fourth-order valence-corrected chi connectivity index (χ4v) is 2.68. The van der Waals surface area contributed by atoms with Gasteiger partial charge >= 0.3 is 0 Å². The average molecular weight is 312 g/mol. The lowest BCUT2D eigenvalue weighted by molar-refractivity contribution is 0.589. The number of hydrogen-bond donors (Lipinski definition) is 1. The monoisotopic (exact) mass is 312 g/mol. The van der Waals surface area contributed by atoms with Crippen molar-refractivity contribution in [3.63, 3.8) is 0 Å². The van der Waals surface area contributed by atoms with Crippen LogP contribution >= 0.6 is 0 Å². The molecule has 3 nitrogen and oxygen atoms in total. The summed E-state index contributed by atoms with van der Waals surface area (Å²) in [7, 11) is 0. The maximum atomic E-state index is 5.98. The number of para-hydroxylation sites is 1. The van der Waals surface area contributed by atoms with Crippen LogP contribution in [0.15, 0.2) is 89.5 Å². The molecule has 0 aliphatic heterocycles. The predicted molar refractivity (Wildman–Crippen MR) is 97.2 cm³/mol. The van der Waals surface area contributed by atoms with Crippen molar-refractivity contribution in [2.45, 2.75) is 0 Å². The summed E-state index contributed by atoms with van der Waals surface area (Å²) in [4.78, 5) is 4.36. The van der Waals surface area contributed by atoms with E-state index >= 15 is 0 Å². The Morgan fingerprint density at radius 3 is 2.04 bits per heavy atom. The smallest absolute Gasteiger partial charge is 0.228 e. The molecule has 0 unspecified atom stereocenters. The van der Waals surface area contributed by atoms with Crippen LogP contribution in [0.25, 0.3) is 33.9 Å². The molecule has 3 heteroatoms. The summed E-state index contributed by atoms with van der Waals surface area (Å²) in [6.45, 7) is 0. The van der Waals surface area contributed by atoms with Gasteiger partial charge in [0.1, 0.15) is 0 Å². The molecule has 24 heavy (non-hydrogen) atoms. The molecule has 0 saturated carbocycles. The summed E-state index contributed by atoms with van der Waals surface area (Å²) in [6, 6.07) is 26.1. The molecule has 2 N–H and O–H groups in total. The first kappa shape index (κ1) is 14.3. The van der Waals surface area contributed by atoms with E-state index in [9.17, 15) is 0 Å². The van der Waals surface area contributed by atoms with Gasteiger partial charge in [-0.25, -0.2) is 4.98 Å². The Balaban J connectivity index is 1.65. The van der Waals surface area contributed by atoms with Gasteiger partial charge in [-0.15, -0.1) is 0 Å². The molecule has 0 spiro atoms. The zero-order valence-corrected chi connectivity index (χ0v) is 13.0. The summed E-state index contributed by atoms with van der Waals surface area (Å²) >= 11 is 0. The number of hydrogen-bond acceptors (Lipinski definition) is 3. The second kappa shape index (κ2) is 6.05. The van der Waals surface area contributed by atoms with E-state index in [0.29, 0.717) is 11.6 Å². The van der Waals surface area contributed by atoms with Crippen LogP contribution in [-0.4, -0.2) is 4.98 Å². The molecule has 116 valence electrons. The van der Waals surface area contributed by atoms with Crippen molar-refractivity contribution < 1.29 is 4.42 Å². The first-order valence-corrected chi connectivity index (χ1v) is 7.78. The summed E-state index contributed by atoms with van der Waals surface area (Å²) < 4.78 is 5.89. The molecule has 0 bridgehead atoms. The number of nitrogen functional groups attached to an aromatic ring is 1. The third-order valence-corrected chi connectivity index (χ3v) is 3.97. The Labute approximate surface area is 140 Å². The molecule has 1 aromatic heterocycles. The highest BCUT2D eigenvalue weighted by molar-refractivity contribution is 5.72. The number of anilines is 1. The van der Waals surface area contributed by atoms with E-state index in [2.05, 4.69) is 29.2 Å². The molecule has 0 radical (unpaired) electrons. The highest BCUT2D eigenvalue weighted by atomic mass is 16.4. The van der Waals surface area contributed by atoms with Crippen LogP contribution in [0.4, 0.5) is 5.69 Å². The fraction of sp³-hybridized carbons (Fsp3) is 0. The molecule has 4 aromatic rings. The second-order valence-electron chi connectivity index (χ2n) is 5.56. The maximum absolute atomic E-state index is 5.98. The maximum Gasteiger partial charge on any atom is 0.228 e. The van der Waals surface area contributed by atoms with Crippen molar-refractivity contribution in [3.05, 3.63) is 85.1 Å². The fourth-order valence-electron chi connectivity index (χ4n) is 2.68. The van der Waals surface area contributed by atoms with Gasteiger partial charge in [0.05, 0.1) is 11.8 Å². The van der Waals surface area contributed by atoms with Gasteiger partial charge in [0, 0.05) is 11.3 Å². The van der Waals surface area contributed by atoms with Gasteiger partial charge in [0.15, 0.2) is 5.76 Å². The molecule has 1 heterocycles. The van der Waals surface area contributed by atoms with E-state index in [0.717, 1.165) is 16.9 Å². The number of rotatable bonds is 3. The molecule has 0 fully saturated rings. The van der Waals surface area contributed by atoms with Crippen molar-refractivity contribution >= 4 is 5.69 Å². The van der Waals surface area contributed by atoms with Gasteiger partial charge in [-0.1, -0.05) is 66.7 Å². The van der Waals surface area contributed by atoms with E-state index in [1.54, 1.807) is 6.20 Å².